The maximum atomic E-state index is 12.6. The molecule has 5 nitrogen and oxygen atoms in total. The molecular weight excluding hydrogens is 312 g/mol. The second-order valence-electron chi connectivity index (χ2n) is 6.25. The second-order valence-corrected chi connectivity index (χ2v) is 8.02. The predicted octanol–water partition coefficient (Wildman–Crippen LogP) is 2.64. The van der Waals surface area contributed by atoms with Crippen LogP contribution in [-0.4, -0.2) is 38.9 Å². The number of nitrogens with zero attached hydrogens (tertiary/aromatic N) is 1. The molecule has 0 saturated carbocycles. The Kier molecular flexibility index (Phi) is 6.18. The van der Waals surface area contributed by atoms with E-state index in [0.717, 1.165) is 38.8 Å². The van der Waals surface area contributed by atoms with E-state index in [0.29, 0.717) is 18.0 Å². The molecule has 1 heterocycles. The summed E-state index contributed by atoms with van der Waals surface area (Å²) in [6.07, 6.45) is 3.73. The van der Waals surface area contributed by atoms with E-state index >= 15 is 0 Å². The molecule has 0 unspecified atom stereocenters. The van der Waals surface area contributed by atoms with Crippen molar-refractivity contribution >= 4 is 15.9 Å². The van der Waals surface area contributed by atoms with Crippen LogP contribution in [0.5, 0.6) is 0 Å². The zero-order valence-electron chi connectivity index (χ0n) is 13.9. The molecule has 1 aromatic rings. The van der Waals surface area contributed by atoms with Crippen LogP contribution in [0.25, 0.3) is 0 Å². The van der Waals surface area contributed by atoms with Crippen molar-refractivity contribution in [1.29, 1.82) is 0 Å². The van der Waals surface area contributed by atoms with Crippen molar-refractivity contribution in [2.45, 2.75) is 44.4 Å². The van der Waals surface area contributed by atoms with Gasteiger partial charge in [0.1, 0.15) is 0 Å². The van der Waals surface area contributed by atoms with Gasteiger partial charge in [0.05, 0.1) is 4.90 Å². The van der Waals surface area contributed by atoms with Gasteiger partial charge < -0.3 is 4.90 Å². The topological polar surface area (TPSA) is 66.5 Å². The third-order valence-electron chi connectivity index (χ3n) is 4.28. The van der Waals surface area contributed by atoms with Crippen LogP contribution in [0.15, 0.2) is 29.2 Å². The Morgan fingerprint density at radius 3 is 2.65 bits per heavy atom. The maximum Gasteiger partial charge on any atom is 0.253 e. The summed E-state index contributed by atoms with van der Waals surface area (Å²) < 4.78 is 27.1. The number of sulfonamides is 1. The number of carbonyl (C=O) groups excluding carboxylic acids is 1. The number of hydrogen-bond acceptors (Lipinski definition) is 3. The second kappa shape index (κ2) is 7.93. The van der Waals surface area contributed by atoms with Gasteiger partial charge >= 0.3 is 0 Å². The summed E-state index contributed by atoms with van der Waals surface area (Å²) in [6, 6.07) is 6.33. The van der Waals surface area contributed by atoms with Crippen molar-refractivity contribution in [3.8, 4) is 0 Å². The highest BCUT2D eigenvalue weighted by atomic mass is 32.2. The molecule has 1 saturated heterocycles. The summed E-state index contributed by atoms with van der Waals surface area (Å²) in [4.78, 5) is 14.5. The lowest BCUT2D eigenvalue weighted by Crippen LogP contribution is -2.38. The molecule has 1 amide bonds. The van der Waals surface area contributed by atoms with E-state index in [4.69, 9.17) is 0 Å². The lowest BCUT2D eigenvalue weighted by Gasteiger charge is -2.30. The van der Waals surface area contributed by atoms with Gasteiger partial charge in [-0.05, 0) is 43.4 Å². The van der Waals surface area contributed by atoms with Gasteiger partial charge in [0.15, 0.2) is 0 Å². The number of carbonyl (C=O) groups is 1. The van der Waals surface area contributed by atoms with Gasteiger partial charge in [-0.2, -0.15) is 0 Å². The Morgan fingerprint density at radius 1 is 1.30 bits per heavy atom. The summed E-state index contributed by atoms with van der Waals surface area (Å²) in [5.74, 6) is 0.566. The molecule has 6 heteroatoms. The smallest absolute Gasteiger partial charge is 0.253 e. The molecule has 23 heavy (non-hydrogen) atoms. The summed E-state index contributed by atoms with van der Waals surface area (Å²) >= 11 is 0. The Bertz CT molecular complexity index is 635. The van der Waals surface area contributed by atoms with E-state index in [1.165, 1.54) is 12.1 Å². The lowest BCUT2D eigenvalue weighted by atomic mass is 9.98. The standard InChI is InChI=1S/C17H26N2O3S/c1-3-4-10-18-23(21,22)16-7-5-6-15(13-16)17(20)19-11-8-14(2)9-12-19/h5-7,13-14,18H,3-4,8-12H2,1-2H3. The van der Waals surface area contributed by atoms with E-state index < -0.39 is 10.0 Å². The van der Waals surface area contributed by atoms with Crippen molar-refractivity contribution in [2.24, 2.45) is 5.92 Å². The zero-order chi connectivity index (χ0) is 16.9. The summed E-state index contributed by atoms with van der Waals surface area (Å²) in [6.45, 7) is 6.10. The van der Waals surface area contributed by atoms with Gasteiger partial charge in [-0.15, -0.1) is 0 Å². The third kappa shape index (κ3) is 4.78. The Morgan fingerprint density at radius 2 is 2.00 bits per heavy atom. The van der Waals surface area contributed by atoms with Crippen LogP contribution in [0.1, 0.15) is 49.9 Å². The SMILES string of the molecule is CCCCNS(=O)(=O)c1cccc(C(=O)N2CCC(C)CC2)c1. The average molecular weight is 338 g/mol. The van der Waals surface area contributed by atoms with Crippen LogP contribution < -0.4 is 4.72 Å². The van der Waals surface area contributed by atoms with Crippen LogP contribution >= 0.6 is 0 Å². The highest BCUT2D eigenvalue weighted by molar-refractivity contribution is 7.89. The van der Waals surface area contributed by atoms with E-state index in [1.807, 2.05) is 11.8 Å². The molecule has 0 atom stereocenters. The molecule has 1 aromatic carbocycles. The fourth-order valence-electron chi connectivity index (χ4n) is 2.66. The Hall–Kier alpha value is -1.40. The van der Waals surface area contributed by atoms with E-state index in [9.17, 15) is 13.2 Å². The first-order valence-corrected chi connectivity index (χ1v) is 9.81. The molecule has 128 valence electrons. The molecule has 0 aromatic heterocycles. The highest BCUT2D eigenvalue weighted by Crippen LogP contribution is 2.19. The molecule has 1 fully saturated rings. The van der Waals surface area contributed by atoms with E-state index in [-0.39, 0.29) is 10.8 Å². The van der Waals surface area contributed by atoms with Gasteiger partial charge in [0, 0.05) is 25.2 Å². The predicted molar refractivity (Wildman–Crippen MR) is 90.8 cm³/mol. The van der Waals surface area contributed by atoms with Crippen molar-refractivity contribution in [1.82, 2.24) is 9.62 Å². The fraction of sp³-hybridized carbons (Fsp3) is 0.588. The summed E-state index contributed by atoms with van der Waals surface area (Å²) in [5, 5.41) is 0. The van der Waals surface area contributed by atoms with Crippen LogP contribution in [0.3, 0.4) is 0 Å². The number of hydrogen-bond donors (Lipinski definition) is 1. The van der Waals surface area contributed by atoms with Crippen molar-refractivity contribution in [2.75, 3.05) is 19.6 Å². The summed E-state index contributed by atoms with van der Waals surface area (Å²) in [7, 11) is -3.55. The Balaban J connectivity index is 2.11. The number of amides is 1. The fourth-order valence-corrected chi connectivity index (χ4v) is 3.78. The van der Waals surface area contributed by atoms with Crippen molar-refractivity contribution < 1.29 is 13.2 Å². The first-order valence-electron chi connectivity index (χ1n) is 8.33. The highest BCUT2D eigenvalue weighted by Gasteiger charge is 2.22. The number of benzene rings is 1. The van der Waals surface area contributed by atoms with Gasteiger partial charge in [-0.25, -0.2) is 13.1 Å². The van der Waals surface area contributed by atoms with Gasteiger partial charge in [-0.3, -0.25) is 4.79 Å². The van der Waals surface area contributed by atoms with E-state index in [1.54, 1.807) is 12.1 Å². The molecule has 1 aliphatic heterocycles. The summed E-state index contributed by atoms with van der Waals surface area (Å²) in [5.41, 5.74) is 0.443. The Labute approximate surface area is 139 Å². The minimum atomic E-state index is -3.55. The minimum absolute atomic E-state index is 0.0810. The maximum absolute atomic E-state index is 12.6. The van der Waals surface area contributed by atoms with E-state index in [2.05, 4.69) is 11.6 Å². The van der Waals surface area contributed by atoms with Crippen molar-refractivity contribution in [3.05, 3.63) is 29.8 Å². The molecule has 0 aliphatic carbocycles. The third-order valence-corrected chi connectivity index (χ3v) is 5.74. The molecule has 0 bridgehead atoms. The normalized spacial score (nSPS) is 16.5. The minimum Gasteiger partial charge on any atom is -0.339 e. The number of piperidine rings is 1. The largest absolute Gasteiger partial charge is 0.339 e. The molecule has 1 aliphatic rings. The first kappa shape index (κ1) is 17.9. The number of unbranched alkanes of at least 4 members (excludes halogenated alkanes) is 1. The molecule has 2 rings (SSSR count). The van der Waals surface area contributed by atoms with Gasteiger partial charge in [0.25, 0.3) is 5.91 Å². The van der Waals surface area contributed by atoms with Gasteiger partial charge in [-0.1, -0.05) is 26.3 Å². The zero-order valence-corrected chi connectivity index (χ0v) is 14.7. The van der Waals surface area contributed by atoms with Crippen molar-refractivity contribution in [3.63, 3.8) is 0 Å². The van der Waals surface area contributed by atoms with Crippen LogP contribution in [0, 0.1) is 5.92 Å². The van der Waals surface area contributed by atoms with Crippen LogP contribution in [-0.2, 0) is 10.0 Å². The van der Waals surface area contributed by atoms with Gasteiger partial charge in [0.2, 0.25) is 10.0 Å². The number of likely N-dealkylation sites (tertiary alicyclic amines) is 1. The number of nitrogens with one attached hydrogen (secondary N) is 1. The average Bonchev–Trinajstić information content (AvgIpc) is 2.55. The molecule has 0 spiro atoms. The van der Waals surface area contributed by atoms with Crippen LogP contribution in [0.4, 0.5) is 0 Å². The number of rotatable bonds is 6. The monoisotopic (exact) mass is 338 g/mol. The lowest BCUT2D eigenvalue weighted by molar-refractivity contribution is 0.0697. The molecule has 0 radical (unpaired) electrons. The molecule has 1 N–H and O–H groups in total. The quantitative estimate of drug-likeness (QED) is 0.811. The molecular formula is C17H26N2O3S. The first-order chi connectivity index (χ1) is 10.9. The van der Waals surface area contributed by atoms with Crippen LogP contribution in [0.2, 0.25) is 0 Å².